The molecule has 2 aromatic heterocycles. The predicted molar refractivity (Wildman–Crippen MR) is 129 cm³/mol. The van der Waals surface area contributed by atoms with Crippen molar-refractivity contribution in [3.63, 3.8) is 0 Å². The molecule has 0 aromatic carbocycles. The molecule has 0 unspecified atom stereocenters. The number of amidine groups is 1. The highest BCUT2D eigenvalue weighted by molar-refractivity contribution is 5.71. The summed E-state index contributed by atoms with van der Waals surface area (Å²) < 4.78 is 13.4. The second-order valence-corrected chi connectivity index (χ2v) is 10.00. The monoisotopic (exact) mass is 496 g/mol. The van der Waals surface area contributed by atoms with Crippen LogP contribution in [0.15, 0.2) is 29.6 Å². The number of allylic oxidation sites excluding steroid dienone is 1. The van der Waals surface area contributed by atoms with Crippen LogP contribution in [-0.2, 0) is 28.0 Å². The third-order valence-electron chi connectivity index (χ3n) is 7.55. The Bertz CT molecular complexity index is 1190. The van der Waals surface area contributed by atoms with Gasteiger partial charge in [0.25, 0.3) is 0 Å². The first-order valence-corrected chi connectivity index (χ1v) is 12.4. The predicted octanol–water partition coefficient (Wildman–Crippen LogP) is 3.14. The molecule has 4 atom stereocenters. The SMILES string of the molecule is C=C(O/N=C(\N)OCc1c(-c2ccc(O[C@H]3C[C@@H]4CC[C@@H](C(=O)O)[C@@H]4C3)c(C)n2)nnn1C)C1CC1. The van der Waals surface area contributed by atoms with Gasteiger partial charge in [-0.05, 0) is 74.6 Å². The number of aryl methyl sites for hydroxylation is 2. The van der Waals surface area contributed by atoms with Crippen molar-refractivity contribution in [1.29, 1.82) is 0 Å². The Hall–Kier alpha value is -3.63. The molecule has 192 valence electrons. The van der Waals surface area contributed by atoms with Crippen molar-refractivity contribution >= 4 is 12.0 Å². The fourth-order valence-corrected chi connectivity index (χ4v) is 5.41. The van der Waals surface area contributed by atoms with E-state index in [0.29, 0.717) is 40.4 Å². The third-order valence-corrected chi connectivity index (χ3v) is 7.55. The molecule has 0 spiro atoms. The number of ether oxygens (including phenoxy) is 2. The number of carbonyl (C=O) groups is 1. The van der Waals surface area contributed by atoms with E-state index in [2.05, 4.69) is 22.0 Å². The zero-order valence-electron chi connectivity index (χ0n) is 20.6. The average Bonchev–Trinajstić information content (AvgIpc) is 3.36. The number of aromatic nitrogens is 4. The molecular weight excluding hydrogens is 464 g/mol. The van der Waals surface area contributed by atoms with Crippen LogP contribution in [0, 0.1) is 30.6 Å². The summed E-state index contributed by atoms with van der Waals surface area (Å²) in [5, 5.41) is 21.6. The van der Waals surface area contributed by atoms with E-state index in [1.807, 2.05) is 19.1 Å². The van der Waals surface area contributed by atoms with E-state index in [4.69, 9.17) is 25.0 Å². The number of nitrogens with two attached hydrogens (primary N) is 1. The van der Waals surface area contributed by atoms with Crippen LogP contribution in [0.5, 0.6) is 5.75 Å². The van der Waals surface area contributed by atoms with Gasteiger partial charge in [-0.15, -0.1) is 5.10 Å². The van der Waals surface area contributed by atoms with Crippen LogP contribution in [-0.4, -0.2) is 43.2 Å². The van der Waals surface area contributed by atoms with Gasteiger partial charge >= 0.3 is 12.0 Å². The number of hydrogen-bond donors (Lipinski definition) is 2. The molecule has 36 heavy (non-hydrogen) atoms. The minimum Gasteiger partial charge on any atom is -0.489 e. The van der Waals surface area contributed by atoms with E-state index < -0.39 is 5.97 Å². The maximum atomic E-state index is 11.5. The largest absolute Gasteiger partial charge is 0.489 e. The minimum atomic E-state index is -0.682. The summed E-state index contributed by atoms with van der Waals surface area (Å²) in [5.74, 6) is 1.35. The number of carboxylic acids is 1. The van der Waals surface area contributed by atoms with E-state index in [9.17, 15) is 9.90 Å². The number of oxime groups is 1. The summed E-state index contributed by atoms with van der Waals surface area (Å²) in [6.45, 7) is 5.80. The average molecular weight is 497 g/mol. The lowest BCUT2D eigenvalue weighted by molar-refractivity contribution is -0.143. The standard InChI is InChI=1S/C25H32N6O5/c1-13-22(35-17-10-16-6-7-18(24(32)33)19(16)11-17)9-8-20(27-13)23-21(31(3)30-28-23)12-34-25(26)29-36-14(2)15-4-5-15/h8-9,15-19H,2,4-7,10-12H2,1,3H3,(H2,26,29)(H,32,33)/t16-,17-,18+,19+/m0/s1. The van der Waals surface area contributed by atoms with Crippen LogP contribution < -0.4 is 10.5 Å². The molecule has 11 heteroatoms. The van der Waals surface area contributed by atoms with Gasteiger partial charge in [-0.1, -0.05) is 11.8 Å². The van der Waals surface area contributed by atoms with Crippen molar-refractivity contribution in [1.82, 2.24) is 20.0 Å². The Labute approximate surface area is 209 Å². The fraction of sp³-hybridized carbons (Fsp3) is 0.560. The highest BCUT2D eigenvalue weighted by Crippen LogP contribution is 2.48. The molecule has 11 nitrogen and oxygen atoms in total. The van der Waals surface area contributed by atoms with Gasteiger partial charge in [-0.3, -0.25) is 4.79 Å². The first kappa shape index (κ1) is 24.1. The van der Waals surface area contributed by atoms with Gasteiger partial charge in [0.15, 0.2) is 0 Å². The molecule has 0 radical (unpaired) electrons. The van der Waals surface area contributed by atoms with Crippen molar-refractivity contribution < 1.29 is 24.2 Å². The zero-order chi connectivity index (χ0) is 25.4. The molecule has 3 fully saturated rings. The number of fused-ring (bicyclic) bond motifs is 1. The third kappa shape index (κ3) is 5.00. The summed E-state index contributed by atoms with van der Waals surface area (Å²) in [4.78, 5) is 21.5. The molecule has 0 amide bonds. The molecular formula is C25H32N6O5. The van der Waals surface area contributed by atoms with Gasteiger partial charge in [0.1, 0.15) is 29.5 Å². The second kappa shape index (κ2) is 9.79. The highest BCUT2D eigenvalue weighted by Gasteiger charge is 2.47. The van der Waals surface area contributed by atoms with Crippen molar-refractivity contribution in [2.24, 2.45) is 41.6 Å². The number of rotatable bonds is 9. The molecule has 5 rings (SSSR count). The van der Waals surface area contributed by atoms with Crippen LogP contribution >= 0.6 is 0 Å². The molecule has 3 saturated carbocycles. The first-order chi connectivity index (χ1) is 17.3. The minimum absolute atomic E-state index is 0.00875. The van der Waals surface area contributed by atoms with Crippen molar-refractivity contribution in [3.8, 4) is 17.1 Å². The normalized spacial score (nSPS) is 25.4. The van der Waals surface area contributed by atoms with E-state index in [-0.39, 0.29) is 30.6 Å². The molecule has 2 aromatic rings. The van der Waals surface area contributed by atoms with Crippen LogP contribution in [0.3, 0.4) is 0 Å². The molecule has 3 aliphatic carbocycles. The van der Waals surface area contributed by atoms with E-state index in [1.54, 1.807) is 11.7 Å². The fourth-order valence-electron chi connectivity index (χ4n) is 5.41. The molecule has 3 aliphatic rings. The number of nitrogens with zero attached hydrogens (tertiary/aromatic N) is 5. The van der Waals surface area contributed by atoms with Crippen molar-refractivity contribution in [2.75, 3.05) is 0 Å². The van der Waals surface area contributed by atoms with Crippen LogP contribution in [0.1, 0.15) is 49.9 Å². The Morgan fingerprint density at radius 1 is 1.28 bits per heavy atom. The molecule has 0 saturated heterocycles. The van der Waals surface area contributed by atoms with Gasteiger partial charge in [-0.25, -0.2) is 9.67 Å². The summed E-state index contributed by atoms with van der Waals surface area (Å²) >= 11 is 0. The van der Waals surface area contributed by atoms with E-state index >= 15 is 0 Å². The summed E-state index contributed by atoms with van der Waals surface area (Å²) in [6.07, 6.45) is 5.53. The van der Waals surface area contributed by atoms with Gasteiger partial charge in [0, 0.05) is 13.0 Å². The number of hydrogen-bond acceptors (Lipinski definition) is 8. The molecule has 3 N–H and O–H groups in total. The lowest BCUT2D eigenvalue weighted by Gasteiger charge is -2.18. The lowest BCUT2D eigenvalue weighted by Crippen LogP contribution is -2.21. The maximum Gasteiger partial charge on any atom is 0.322 e. The Kier molecular flexibility index (Phi) is 6.55. The van der Waals surface area contributed by atoms with E-state index in [0.717, 1.165) is 44.2 Å². The van der Waals surface area contributed by atoms with Gasteiger partial charge in [-0.2, -0.15) is 0 Å². The first-order valence-electron chi connectivity index (χ1n) is 12.4. The summed E-state index contributed by atoms with van der Waals surface area (Å²) in [6, 6.07) is 3.61. The molecule has 0 aliphatic heterocycles. The Morgan fingerprint density at radius 2 is 2.08 bits per heavy atom. The topological polar surface area (TPSA) is 147 Å². The zero-order valence-corrected chi connectivity index (χ0v) is 20.6. The summed E-state index contributed by atoms with van der Waals surface area (Å²) in [5.41, 5.74) is 8.44. The van der Waals surface area contributed by atoms with Gasteiger partial charge in [0.05, 0.1) is 23.4 Å². The van der Waals surface area contributed by atoms with Gasteiger partial charge in [0.2, 0.25) is 0 Å². The quantitative estimate of drug-likeness (QED) is 0.231. The van der Waals surface area contributed by atoms with E-state index in [1.165, 1.54) is 0 Å². The van der Waals surface area contributed by atoms with Crippen molar-refractivity contribution in [3.05, 3.63) is 35.9 Å². The molecule has 2 heterocycles. The van der Waals surface area contributed by atoms with Crippen LogP contribution in [0.4, 0.5) is 0 Å². The van der Waals surface area contributed by atoms with Crippen LogP contribution in [0.25, 0.3) is 11.4 Å². The summed E-state index contributed by atoms with van der Waals surface area (Å²) in [7, 11) is 1.76. The Morgan fingerprint density at radius 3 is 2.81 bits per heavy atom. The number of aliphatic carboxylic acids is 1. The van der Waals surface area contributed by atoms with Crippen LogP contribution in [0.2, 0.25) is 0 Å². The Balaban J connectivity index is 1.22. The lowest BCUT2D eigenvalue weighted by atomic mass is 9.92. The van der Waals surface area contributed by atoms with Gasteiger partial charge < -0.3 is 25.2 Å². The number of pyridine rings is 1. The highest BCUT2D eigenvalue weighted by atomic mass is 16.7. The van der Waals surface area contributed by atoms with Crippen molar-refractivity contribution in [2.45, 2.75) is 58.2 Å². The number of carboxylic acid groups (broad SMARTS) is 1. The maximum absolute atomic E-state index is 11.5. The smallest absolute Gasteiger partial charge is 0.322 e. The molecule has 0 bridgehead atoms. The second-order valence-electron chi connectivity index (χ2n) is 10.00.